The van der Waals surface area contributed by atoms with Crippen LogP contribution in [0.1, 0.15) is 15.9 Å². The zero-order valence-corrected chi connectivity index (χ0v) is 13.5. The molecule has 27 heavy (non-hydrogen) atoms. The van der Waals surface area contributed by atoms with Crippen molar-refractivity contribution in [3.05, 3.63) is 70.0 Å². The summed E-state index contributed by atoms with van der Waals surface area (Å²) in [5, 5.41) is 9.10. The van der Waals surface area contributed by atoms with E-state index >= 15 is 0 Å². The van der Waals surface area contributed by atoms with E-state index in [-0.39, 0.29) is 23.3 Å². The number of hydrogen-bond donors (Lipinski definition) is 2. The number of H-pyrrole nitrogens is 1. The first-order valence-electron chi connectivity index (χ1n) is 7.60. The lowest BCUT2D eigenvalue weighted by atomic mass is 10.1. The summed E-state index contributed by atoms with van der Waals surface area (Å²) in [5.74, 6) is -1.57. The molecule has 2 N–H and O–H groups in total. The van der Waals surface area contributed by atoms with E-state index in [0.717, 1.165) is 12.3 Å². The summed E-state index contributed by atoms with van der Waals surface area (Å²) in [6.45, 7) is -0.242. The summed E-state index contributed by atoms with van der Waals surface area (Å²) in [7, 11) is 0. The molecular weight excluding hydrogens is 367 g/mol. The number of aromatic nitrogens is 1. The third-order valence-corrected chi connectivity index (χ3v) is 3.68. The monoisotopic (exact) mass is 379 g/mol. The zero-order valence-electron chi connectivity index (χ0n) is 13.5. The fraction of sp³-hybridized carbons (Fsp3) is 0.111. The van der Waals surface area contributed by atoms with Crippen molar-refractivity contribution in [3.8, 4) is 11.5 Å². The number of halogens is 3. The third-order valence-electron chi connectivity index (χ3n) is 3.68. The average molecular weight is 379 g/mol. The van der Waals surface area contributed by atoms with Crippen LogP contribution in [0.25, 0.3) is 10.9 Å². The second kappa shape index (κ2) is 7.02. The van der Waals surface area contributed by atoms with E-state index in [4.69, 9.17) is 9.84 Å². The number of rotatable bonds is 5. The summed E-state index contributed by atoms with van der Waals surface area (Å²) in [4.78, 5) is 26.0. The smallest absolute Gasteiger partial charge is 0.489 e. The Kier molecular flexibility index (Phi) is 4.76. The van der Waals surface area contributed by atoms with E-state index < -0.39 is 29.1 Å². The number of ether oxygens (including phenoxy) is 2. The van der Waals surface area contributed by atoms with Gasteiger partial charge in [0.05, 0.1) is 5.39 Å². The Labute approximate surface area is 149 Å². The highest BCUT2D eigenvalue weighted by molar-refractivity contribution is 5.92. The Morgan fingerprint density at radius 3 is 2.59 bits per heavy atom. The van der Waals surface area contributed by atoms with E-state index in [1.54, 1.807) is 0 Å². The molecule has 3 rings (SSSR count). The van der Waals surface area contributed by atoms with E-state index in [0.29, 0.717) is 5.52 Å². The van der Waals surface area contributed by atoms with Gasteiger partial charge >= 0.3 is 12.3 Å². The van der Waals surface area contributed by atoms with Gasteiger partial charge in [0, 0.05) is 17.3 Å². The van der Waals surface area contributed by atoms with E-state index in [2.05, 4.69) is 9.72 Å². The quantitative estimate of drug-likeness (QED) is 0.706. The normalized spacial score (nSPS) is 11.4. The van der Waals surface area contributed by atoms with Crippen LogP contribution in [-0.2, 0) is 6.61 Å². The first-order valence-corrected chi connectivity index (χ1v) is 7.60. The number of aromatic carboxylic acids is 1. The average Bonchev–Trinajstić information content (AvgIpc) is 2.60. The molecule has 140 valence electrons. The maximum atomic E-state index is 12.5. The fourth-order valence-corrected chi connectivity index (χ4v) is 2.45. The number of benzene rings is 2. The molecule has 9 heteroatoms. The number of alkyl halides is 3. The first kappa shape index (κ1) is 18.3. The van der Waals surface area contributed by atoms with Crippen LogP contribution in [0.2, 0.25) is 0 Å². The summed E-state index contributed by atoms with van der Waals surface area (Å²) >= 11 is 0. The lowest BCUT2D eigenvalue weighted by molar-refractivity contribution is -0.275. The van der Waals surface area contributed by atoms with Crippen LogP contribution in [0.15, 0.2) is 53.5 Å². The Morgan fingerprint density at radius 2 is 1.89 bits per heavy atom. The molecule has 0 aliphatic carbocycles. The van der Waals surface area contributed by atoms with E-state index in [1.165, 1.54) is 36.4 Å². The topological polar surface area (TPSA) is 88.6 Å². The van der Waals surface area contributed by atoms with Crippen LogP contribution in [-0.4, -0.2) is 22.4 Å². The standard InChI is InChI=1S/C18H12F3NO5/c19-18(20,21)27-15-4-2-1-3-10(15)9-26-11-5-6-14-12(7-11)16(23)13(8-22-14)17(24)25/h1-8H,9H2,(H,22,23)(H,24,25). The molecule has 2 aromatic carbocycles. The number of carboxylic acids is 1. The molecule has 0 amide bonds. The molecule has 3 aromatic rings. The molecule has 0 aliphatic heterocycles. The van der Waals surface area contributed by atoms with Crippen LogP contribution in [0.3, 0.4) is 0 Å². The largest absolute Gasteiger partial charge is 0.573 e. The van der Waals surface area contributed by atoms with Crippen molar-refractivity contribution in [2.45, 2.75) is 13.0 Å². The van der Waals surface area contributed by atoms with Crippen LogP contribution in [0, 0.1) is 0 Å². The molecule has 0 bridgehead atoms. The number of carbonyl (C=O) groups is 1. The Bertz CT molecular complexity index is 1060. The Balaban J connectivity index is 1.87. The van der Waals surface area contributed by atoms with Gasteiger partial charge in [0.2, 0.25) is 5.43 Å². The number of aromatic amines is 1. The van der Waals surface area contributed by atoms with Crippen LogP contribution in [0.4, 0.5) is 13.2 Å². The SMILES string of the molecule is O=C(O)c1c[nH]c2ccc(OCc3ccccc3OC(F)(F)F)cc2c1=O. The third kappa shape index (κ3) is 4.20. The van der Waals surface area contributed by atoms with Crippen molar-refractivity contribution in [1.82, 2.24) is 4.98 Å². The Morgan fingerprint density at radius 1 is 1.15 bits per heavy atom. The minimum Gasteiger partial charge on any atom is -0.489 e. The lowest BCUT2D eigenvalue weighted by Gasteiger charge is -2.14. The number of pyridine rings is 1. The van der Waals surface area contributed by atoms with Crippen molar-refractivity contribution >= 4 is 16.9 Å². The van der Waals surface area contributed by atoms with Gasteiger partial charge in [0.15, 0.2) is 0 Å². The number of fused-ring (bicyclic) bond motifs is 1. The Hall–Kier alpha value is -3.49. The highest BCUT2D eigenvalue weighted by Gasteiger charge is 2.32. The molecular formula is C18H12F3NO5. The van der Waals surface area contributed by atoms with Gasteiger partial charge in [-0.2, -0.15) is 0 Å². The molecule has 0 saturated carbocycles. The van der Waals surface area contributed by atoms with Gasteiger partial charge in [-0.1, -0.05) is 18.2 Å². The molecule has 0 fully saturated rings. The van der Waals surface area contributed by atoms with Crippen molar-refractivity contribution in [1.29, 1.82) is 0 Å². The van der Waals surface area contributed by atoms with Crippen molar-refractivity contribution < 1.29 is 32.5 Å². The number of nitrogens with one attached hydrogen (secondary N) is 1. The molecule has 0 aliphatic rings. The van der Waals surface area contributed by atoms with Crippen molar-refractivity contribution in [2.24, 2.45) is 0 Å². The second-order valence-electron chi connectivity index (χ2n) is 5.49. The predicted octanol–water partition coefficient (Wildman–Crippen LogP) is 3.70. The van der Waals surface area contributed by atoms with Gasteiger partial charge < -0.3 is 19.6 Å². The highest BCUT2D eigenvalue weighted by atomic mass is 19.4. The molecule has 0 unspecified atom stereocenters. The van der Waals surface area contributed by atoms with E-state index in [1.807, 2.05) is 0 Å². The summed E-state index contributed by atoms with van der Waals surface area (Å²) in [6.07, 6.45) is -3.74. The summed E-state index contributed by atoms with van der Waals surface area (Å²) in [5.41, 5.74) is -0.563. The number of carboxylic acid groups (broad SMARTS) is 1. The fourth-order valence-electron chi connectivity index (χ4n) is 2.45. The van der Waals surface area contributed by atoms with Gasteiger partial charge in [-0.05, 0) is 24.3 Å². The van der Waals surface area contributed by atoms with Crippen LogP contribution >= 0.6 is 0 Å². The highest BCUT2D eigenvalue weighted by Crippen LogP contribution is 2.27. The molecule has 0 atom stereocenters. The maximum absolute atomic E-state index is 12.5. The van der Waals surface area contributed by atoms with Gasteiger partial charge in [0.25, 0.3) is 0 Å². The second-order valence-corrected chi connectivity index (χ2v) is 5.49. The minimum absolute atomic E-state index is 0.0900. The van der Waals surface area contributed by atoms with Crippen LogP contribution in [0.5, 0.6) is 11.5 Å². The molecule has 0 radical (unpaired) electrons. The molecule has 6 nitrogen and oxygen atoms in total. The van der Waals surface area contributed by atoms with Crippen LogP contribution < -0.4 is 14.9 Å². The minimum atomic E-state index is -4.83. The van der Waals surface area contributed by atoms with Crippen molar-refractivity contribution in [3.63, 3.8) is 0 Å². The van der Waals surface area contributed by atoms with Gasteiger partial charge in [0.1, 0.15) is 23.7 Å². The zero-order chi connectivity index (χ0) is 19.6. The first-order chi connectivity index (χ1) is 12.7. The molecule has 0 saturated heterocycles. The van der Waals surface area contributed by atoms with Crippen molar-refractivity contribution in [2.75, 3.05) is 0 Å². The van der Waals surface area contributed by atoms with E-state index in [9.17, 15) is 22.8 Å². The van der Waals surface area contributed by atoms with Gasteiger partial charge in [-0.3, -0.25) is 4.79 Å². The number of hydrogen-bond acceptors (Lipinski definition) is 4. The lowest BCUT2D eigenvalue weighted by Crippen LogP contribution is -2.18. The molecule has 1 aromatic heterocycles. The molecule has 0 spiro atoms. The summed E-state index contributed by atoms with van der Waals surface area (Å²) < 4.78 is 46.8. The maximum Gasteiger partial charge on any atom is 0.573 e. The summed E-state index contributed by atoms with van der Waals surface area (Å²) in [6, 6.07) is 9.85. The number of para-hydroxylation sites is 1. The van der Waals surface area contributed by atoms with Gasteiger partial charge in [-0.25, -0.2) is 4.79 Å². The predicted molar refractivity (Wildman–Crippen MR) is 89.0 cm³/mol. The molecule has 1 heterocycles. The van der Waals surface area contributed by atoms with Gasteiger partial charge in [-0.15, -0.1) is 13.2 Å².